The maximum atomic E-state index is 13.1. The largest absolute Gasteiger partial charge is 0.417 e. The van der Waals surface area contributed by atoms with Crippen LogP contribution in [0.15, 0.2) is 29.2 Å². The Kier molecular flexibility index (Phi) is 6.47. The number of benzene rings is 1. The highest BCUT2D eigenvalue weighted by atomic mass is 32.2. The lowest BCUT2D eigenvalue weighted by atomic mass is 10.0. The van der Waals surface area contributed by atoms with Crippen LogP contribution in [-0.4, -0.2) is 52.2 Å². The first-order valence-electron chi connectivity index (χ1n) is 8.10. The van der Waals surface area contributed by atoms with Crippen LogP contribution >= 0.6 is 0 Å². The molecule has 1 aromatic rings. The zero-order chi connectivity index (χ0) is 18.7. The van der Waals surface area contributed by atoms with Gasteiger partial charge < -0.3 is 4.74 Å². The van der Waals surface area contributed by atoms with Gasteiger partial charge in [-0.2, -0.15) is 13.2 Å². The van der Waals surface area contributed by atoms with Gasteiger partial charge in [-0.15, -0.1) is 0 Å². The maximum Gasteiger partial charge on any atom is 0.417 e. The molecule has 0 spiro atoms. The molecular weight excluding hydrogens is 357 g/mol. The van der Waals surface area contributed by atoms with Crippen molar-refractivity contribution in [1.82, 2.24) is 9.62 Å². The lowest BCUT2D eigenvalue weighted by Crippen LogP contribution is -2.51. The lowest BCUT2D eigenvalue weighted by Gasteiger charge is -2.36. The third-order valence-corrected chi connectivity index (χ3v) is 5.73. The van der Waals surface area contributed by atoms with Crippen molar-refractivity contribution in [3.05, 3.63) is 29.8 Å². The van der Waals surface area contributed by atoms with Crippen LogP contribution in [-0.2, 0) is 20.9 Å². The van der Waals surface area contributed by atoms with Gasteiger partial charge in [-0.25, -0.2) is 13.1 Å². The zero-order valence-electron chi connectivity index (χ0n) is 14.2. The average molecular weight is 380 g/mol. The molecule has 9 heteroatoms. The normalized spacial score (nSPS) is 18.5. The third kappa shape index (κ3) is 5.16. The van der Waals surface area contributed by atoms with Crippen LogP contribution in [0.4, 0.5) is 13.2 Å². The minimum Gasteiger partial charge on any atom is -0.379 e. The molecule has 1 aliphatic heterocycles. The topological polar surface area (TPSA) is 58.6 Å². The van der Waals surface area contributed by atoms with E-state index in [0.29, 0.717) is 26.3 Å². The molecule has 1 aliphatic rings. The summed E-state index contributed by atoms with van der Waals surface area (Å²) in [4.78, 5) is 1.36. The van der Waals surface area contributed by atoms with Crippen molar-refractivity contribution in [2.45, 2.75) is 31.0 Å². The predicted octanol–water partition coefficient (Wildman–Crippen LogP) is 2.34. The number of hydrogen-bond donors (Lipinski definition) is 1. The summed E-state index contributed by atoms with van der Waals surface area (Å²) < 4.78 is 71.8. The highest BCUT2D eigenvalue weighted by Crippen LogP contribution is 2.33. The van der Waals surface area contributed by atoms with E-state index in [0.717, 1.165) is 12.1 Å². The third-order valence-electron chi connectivity index (χ3n) is 4.25. The highest BCUT2D eigenvalue weighted by molar-refractivity contribution is 7.89. The minimum absolute atomic E-state index is 0.0478. The van der Waals surface area contributed by atoms with E-state index in [1.807, 2.05) is 13.8 Å². The molecule has 0 aliphatic carbocycles. The molecule has 0 amide bonds. The van der Waals surface area contributed by atoms with Gasteiger partial charge in [0.05, 0.1) is 23.7 Å². The molecular formula is C16H23F3N2O3S. The van der Waals surface area contributed by atoms with Crippen molar-refractivity contribution in [3.8, 4) is 0 Å². The quantitative estimate of drug-likeness (QED) is 0.823. The molecule has 5 nitrogen and oxygen atoms in total. The number of sulfonamides is 1. The maximum absolute atomic E-state index is 13.1. The molecule has 2 rings (SSSR count). The highest BCUT2D eigenvalue weighted by Gasteiger charge is 2.37. The van der Waals surface area contributed by atoms with Crippen LogP contribution in [0.2, 0.25) is 0 Å². The van der Waals surface area contributed by atoms with E-state index in [1.165, 1.54) is 12.1 Å². The average Bonchev–Trinajstić information content (AvgIpc) is 2.55. The Balaban J connectivity index is 2.18. The summed E-state index contributed by atoms with van der Waals surface area (Å²) in [6, 6.07) is 4.09. The van der Waals surface area contributed by atoms with Crippen LogP contribution in [0, 0.1) is 5.92 Å². The number of halogens is 3. The van der Waals surface area contributed by atoms with Crippen LogP contribution in [0.5, 0.6) is 0 Å². The van der Waals surface area contributed by atoms with E-state index < -0.39 is 26.7 Å². The fraction of sp³-hybridized carbons (Fsp3) is 0.625. The van der Waals surface area contributed by atoms with E-state index in [-0.39, 0.29) is 18.5 Å². The molecule has 0 bridgehead atoms. The van der Waals surface area contributed by atoms with Crippen molar-refractivity contribution >= 4 is 10.0 Å². The second-order valence-electron chi connectivity index (χ2n) is 6.31. The second kappa shape index (κ2) is 8.03. The Labute approximate surface area is 146 Å². The van der Waals surface area contributed by atoms with E-state index in [4.69, 9.17) is 4.74 Å². The smallest absolute Gasteiger partial charge is 0.379 e. The summed E-state index contributed by atoms with van der Waals surface area (Å²) in [5, 5.41) is 0. The number of ether oxygens (including phenoxy) is 1. The van der Waals surface area contributed by atoms with Gasteiger partial charge in [0.1, 0.15) is 0 Å². The molecule has 25 heavy (non-hydrogen) atoms. The van der Waals surface area contributed by atoms with Crippen molar-refractivity contribution in [2.75, 3.05) is 32.8 Å². The summed E-state index contributed by atoms with van der Waals surface area (Å²) in [7, 11) is -4.27. The van der Waals surface area contributed by atoms with Crippen LogP contribution < -0.4 is 4.72 Å². The van der Waals surface area contributed by atoms with Gasteiger partial charge in [-0.05, 0) is 18.1 Å². The Morgan fingerprint density at radius 3 is 2.36 bits per heavy atom. The number of rotatable bonds is 6. The van der Waals surface area contributed by atoms with Crippen LogP contribution in [0.1, 0.15) is 19.4 Å². The molecule has 0 aromatic heterocycles. The molecule has 1 aromatic carbocycles. The van der Waals surface area contributed by atoms with Gasteiger partial charge in [0.15, 0.2) is 0 Å². The SMILES string of the molecule is CC(C)C(CNS(=O)(=O)c1ccccc1C(F)(F)F)N1CCOCC1. The van der Waals surface area contributed by atoms with E-state index in [2.05, 4.69) is 9.62 Å². The van der Waals surface area contributed by atoms with Crippen molar-refractivity contribution in [2.24, 2.45) is 5.92 Å². The monoisotopic (exact) mass is 380 g/mol. The summed E-state index contributed by atoms with van der Waals surface area (Å²) >= 11 is 0. The van der Waals surface area contributed by atoms with E-state index >= 15 is 0 Å². The molecule has 0 saturated carbocycles. The first-order chi connectivity index (χ1) is 11.6. The summed E-state index contributed by atoms with van der Waals surface area (Å²) in [5.41, 5.74) is -1.16. The predicted molar refractivity (Wildman–Crippen MR) is 87.7 cm³/mol. The molecule has 1 heterocycles. The van der Waals surface area contributed by atoms with Gasteiger partial charge in [0.25, 0.3) is 0 Å². The molecule has 1 atom stereocenters. The van der Waals surface area contributed by atoms with Crippen LogP contribution in [0.3, 0.4) is 0 Å². The zero-order valence-corrected chi connectivity index (χ0v) is 15.0. The fourth-order valence-electron chi connectivity index (χ4n) is 2.90. The summed E-state index contributed by atoms with van der Waals surface area (Å²) in [5.74, 6) is 0.138. The van der Waals surface area contributed by atoms with Crippen molar-refractivity contribution in [3.63, 3.8) is 0 Å². The fourth-order valence-corrected chi connectivity index (χ4v) is 4.18. The van der Waals surface area contributed by atoms with Gasteiger partial charge in [0.2, 0.25) is 10.0 Å². The molecule has 1 unspecified atom stereocenters. The Bertz CT molecular complexity index is 671. The standard InChI is InChI=1S/C16H23F3N2O3S/c1-12(2)14(21-7-9-24-10-8-21)11-20-25(22,23)15-6-4-3-5-13(15)16(17,18)19/h3-6,12,14,20H,7-11H2,1-2H3. The molecule has 0 radical (unpaired) electrons. The molecule has 1 fully saturated rings. The van der Waals surface area contributed by atoms with Gasteiger partial charge >= 0.3 is 6.18 Å². The summed E-state index contributed by atoms with van der Waals surface area (Å²) in [6.45, 7) is 6.43. The van der Waals surface area contributed by atoms with Crippen molar-refractivity contribution < 1.29 is 26.3 Å². The summed E-state index contributed by atoms with van der Waals surface area (Å²) in [6.07, 6.45) is -4.73. The Morgan fingerprint density at radius 1 is 1.20 bits per heavy atom. The number of nitrogens with one attached hydrogen (secondary N) is 1. The lowest BCUT2D eigenvalue weighted by molar-refractivity contribution is -0.139. The number of nitrogens with zero attached hydrogens (tertiary/aromatic N) is 1. The number of hydrogen-bond acceptors (Lipinski definition) is 4. The van der Waals surface area contributed by atoms with Gasteiger partial charge in [-0.3, -0.25) is 4.90 Å². The Morgan fingerprint density at radius 2 is 1.80 bits per heavy atom. The van der Waals surface area contributed by atoms with E-state index in [9.17, 15) is 21.6 Å². The van der Waals surface area contributed by atoms with Crippen LogP contribution in [0.25, 0.3) is 0 Å². The first kappa shape index (κ1) is 20.2. The van der Waals surface area contributed by atoms with E-state index in [1.54, 1.807) is 0 Å². The molecule has 142 valence electrons. The number of alkyl halides is 3. The van der Waals surface area contributed by atoms with Crippen molar-refractivity contribution in [1.29, 1.82) is 0 Å². The second-order valence-corrected chi connectivity index (χ2v) is 8.04. The first-order valence-corrected chi connectivity index (χ1v) is 9.59. The van der Waals surface area contributed by atoms with Gasteiger partial charge in [-0.1, -0.05) is 26.0 Å². The number of morpholine rings is 1. The molecule has 1 saturated heterocycles. The van der Waals surface area contributed by atoms with Gasteiger partial charge in [0, 0.05) is 25.7 Å². The Hall–Kier alpha value is -1.16. The molecule has 1 N–H and O–H groups in total. The minimum atomic E-state index is -4.73.